The van der Waals surface area contributed by atoms with Gasteiger partial charge in [0.2, 0.25) is 5.91 Å². The van der Waals surface area contributed by atoms with E-state index in [0.29, 0.717) is 30.8 Å². The average Bonchev–Trinajstić information content (AvgIpc) is 2.49. The third-order valence-corrected chi connectivity index (χ3v) is 3.47. The standard InChI is InChI=1S/C17H27N3O2/c1-3-19-17(22)14-10-9-13(2)15(12-14)20-16(21)8-6-4-5-7-11-18/h9-10,12H,3-8,11,18H2,1-2H3,(H,19,22)(H,20,21). The molecule has 0 spiro atoms. The van der Waals surface area contributed by atoms with Crippen molar-refractivity contribution in [3.05, 3.63) is 29.3 Å². The monoisotopic (exact) mass is 305 g/mol. The van der Waals surface area contributed by atoms with Crippen LogP contribution >= 0.6 is 0 Å². The second-order valence-electron chi connectivity index (χ2n) is 5.39. The van der Waals surface area contributed by atoms with E-state index in [1.54, 1.807) is 12.1 Å². The minimum atomic E-state index is -0.125. The van der Waals surface area contributed by atoms with E-state index in [-0.39, 0.29) is 11.8 Å². The molecule has 0 radical (unpaired) electrons. The van der Waals surface area contributed by atoms with Crippen LogP contribution in [0.1, 0.15) is 54.9 Å². The Morgan fingerprint density at radius 3 is 2.55 bits per heavy atom. The lowest BCUT2D eigenvalue weighted by atomic mass is 10.1. The number of unbranched alkanes of at least 4 members (excludes halogenated alkanes) is 3. The number of amides is 2. The fourth-order valence-corrected chi connectivity index (χ4v) is 2.16. The van der Waals surface area contributed by atoms with E-state index in [0.717, 1.165) is 31.2 Å². The minimum Gasteiger partial charge on any atom is -0.352 e. The molecule has 1 aromatic carbocycles. The summed E-state index contributed by atoms with van der Waals surface area (Å²) in [6, 6.07) is 5.34. The quantitative estimate of drug-likeness (QED) is 0.613. The Kier molecular flexibility index (Phi) is 8.22. The molecule has 0 heterocycles. The van der Waals surface area contributed by atoms with E-state index in [1.807, 2.05) is 19.9 Å². The van der Waals surface area contributed by atoms with Crippen molar-refractivity contribution in [2.75, 3.05) is 18.4 Å². The molecule has 5 nitrogen and oxygen atoms in total. The number of carbonyl (C=O) groups is 2. The normalized spacial score (nSPS) is 10.3. The smallest absolute Gasteiger partial charge is 0.251 e. The van der Waals surface area contributed by atoms with Crippen LogP contribution in [0.4, 0.5) is 5.69 Å². The van der Waals surface area contributed by atoms with Crippen LogP contribution in [0.5, 0.6) is 0 Å². The first-order chi connectivity index (χ1) is 10.6. The Morgan fingerprint density at radius 1 is 1.14 bits per heavy atom. The Hall–Kier alpha value is -1.88. The van der Waals surface area contributed by atoms with Crippen molar-refractivity contribution < 1.29 is 9.59 Å². The number of rotatable bonds is 9. The maximum atomic E-state index is 12.0. The predicted molar refractivity (Wildman–Crippen MR) is 90.0 cm³/mol. The summed E-state index contributed by atoms with van der Waals surface area (Å²) in [5.41, 5.74) is 7.65. The molecule has 0 aliphatic heterocycles. The molecule has 22 heavy (non-hydrogen) atoms. The molecule has 0 atom stereocenters. The first kappa shape index (κ1) is 18.2. The largest absolute Gasteiger partial charge is 0.352 e. The topological polar surface area (TPSA) is 84.2 Å². The molecule has 2 amide bonds. The number of nitrogens with one attached hydrogen (secondary N) is 2. The van der Waals surface area contributed by atoms with Crippen molar-refractivity contribution >= 4 is 17.5 Å². The minimum absolute atomic E-state index is 0.0103. The molecule has 0 aliphatic carbocycles. The zero-order valence-electron chi connectivity index (χ0n) is 13.6. The van der Waals surface area contributed by atoms with Crippen LogP contribution in [0.2, 0.25) is 0 Å². The first-order valence-electron chi connectivity index (χ1n) is 7.97. The fourth-order valence-electron chi connectivity index (χ4n) is 2.16. The predicted octanol–water partition coefficient (Wildman–Crippen LogP) is 2.59. The molecule has 0 aromatic heterocycles. The Morgan fingerprint density at radius 2 is 1.86 bits per heavy atom. The van der Waals surface area contributed by atoms with Crippen LogP contribution in [0, 0.1) is 6.92 Å². The molecule has 0 aliphatic rings. The summed E-state index contributed by atoms with van der Waals surface area (Å²) in [7, 11) is 0. The van der Waals surface area contributed by atoms with Gasteiger partial charge in [0, 0.05) is 24.2 Å². The van der Waals surface area contributed by atoms with Gasteiger partial charge < -0.3 is 16.4 Å². The Labute approximate surface area is 132 Å². The number of anilines is 1. The molecule has 122 valence electrons. The van der Waals surface area contributed by atoms with Crippen LogP contribution in [0.15, 0.2) is 18.2 Å². The highest BCUT2D eigenvalue weighted by Crippen LogP contribution is 2.17. The van der Waals surface area contributed by atoms with Crippen LogP contribution in [0.3, 0.4) is 0 Å². The number of aryl methyl sites for hydroxylation is 1. The lowest BCUT2D eigenvalue weighted by Gasteiger charge is -2.10. The number of hydrogen-bond donors (Lipinski definition) is 3. The first-order valence-corrected chi connectivity index (χ1v) is 7.97. The van der Waals surface area contributed by atoms with E-state index < -0.39 is 0 Å². The van der Waals surface area contributed by atoms with Crippen molar-refractivity contribution in [2.24, 2.45) is 5.73 Å². The summed E-state index contributed by atoms with van der Waals surface area (Å²) >= 11 is 0. The molecule has 0 fully saturated rings. The van der Waals surface area contributed by atoms with Gasteiger partial charge in [-0.25, -0.2) is 0 Å². The molecular weight excluding hydrogens is 278 g/mol. The van der Waals surface area contributed by atoms with Gasteiger partial charge in [-0.1, -0.05) is 18.9 Å². The third-order valence-electron chi connectivity index (χ3n) is 3.47. The van der Waals surface area contributed by atoms with Gasteiger partial charge in [0.1, 0.15) is 0 Å². The van der Waals surface area contributed by atoms with Crippen LogP contribution < -0.4 is 16.4 Å². The zero-order valence-corrected chi connectivity index (χ0v) is 13.6. The van der Waals surface area contributed by atoms with E-state index >= 15 is 0 Å². The SMILES string of the molecule is CCNC(=O)c1ccc(C)c(NC(=O)CCCCCCN)c1. The second kappa shape index (κ2) is 9.95. The van der Waals surface area contributed by atoms with Crippen molar-refractivity contribution in [3.63, 3.8) is 0 Å². The molecule has 0 bridgehead atoms. The zero-order chi connectivity index (χ0) is 16.4. The highest BCUT2D eigenvalue weighted by molar-refractivity contribution is 5.97. The molecule has 0 unspecified atom stereocenters. The number of hydrogen-bond acceptors (Lipinski definition) is 3. The molecule has 1 rings (SSSR count). The highest BCUT2D eigenvalue weighted by atomic mass is 16.2. The van der Waals surface area contributed by atoms with E-state index in [2.05, 4.69) is 10.6 Å². The second-order valence-corrected chi connectivity index (χ2v) is 5.39. The van der Waals surface area contributed by atoms with Crippen molar-refractivity contribution in [1.29, 1.82) is 0 Å². The van der Waals surface area contributed by atoms with Crippen LogP contribution in [0.25, 0.3) is 0 Å². The Bertz CT molecular complexity index is 501. The molecule has 1 aromatic rings. The summed E-state index contributed by atoms with van der Waals surface area (Å²) in [6.07, 6.45) is 4.45. The summed E-state index contributed by atoms with van der Waals surface area (Å²) in [5, 5.41) is 5.65. The van der Waals surface area contributed by atoms with Gasteiger partial charge in [-0.15, -0.1) is 0 Å². The number of nitrogens with two attached hydrogens (primary N) is 1. The fraction of sp³-hybridized carbons (Fsp3) is 0.529. The summed E-state index contributed by atoms with van der Waals surface area (Å²) < 4.78 is 0. The van der Waals surface area contributed by atoms with Gasteiger partial charge >= 0.3 is 0 Å². The van der Waals surface area contributed by atoms with E-state index in [1.165, 1.54) is 0 Å². The van der Waals surface area contributed by atoms with Gasteiger partial charge in [-0.2, -0.15) is 0 Å². The van der Waals surface area contributed by atoms with Crippen LogP contribution in [-0.4, -0.2) is 24.9 Å². The molecule has 0 saturated heterocycles. The number of benzene rings is 1. The molecular formula is C17H27N3O2. The van der Waals surface area contributed by atoms with Gasteiger partial charge in [-0.3, -0.25) is 9.59 Å². The van der Waals surface area contributed by atoms with Gasteiger partial charge in [0.15, 0.2) is 0 Å². The van der Waals surface area contributed by atoms with Crippen LogP contribution in [-0.2, 0) is 4.79 Å². The lowest BCUT2D eigenvalue weighted by molar-refractivity contribution is -0.116. The summed E-state index contributed by atoms with van der Waals surface area (Å²) in [4.78, 5) is 23.8. The maximum Gasteiger partial charge on any atom is 0.251 e. The highest BCUT2D eigenvalue weighted by Gasteiger charge is 2.09. The number of carbonyl (C=O) groups excluding carboxylic acids is 2. The van der Waals surface area contributed by atoms with Gasteiger partial charge in [0.25, 0.3) is 5.91 Å². The van der Waals surface area contributed by atoms with E-state index in [4.69, 9.17) is 5.73 Å². The molecule has 5 heteroatoms. The average molecular weight is 305 g/mol. The maximum absolute atomic E-state index is 12.0. The van der Waals surface area contributed by atoms with Crippen molar-refractivity contribution in [2.45, 2.75) is 46.0 Å². The summed E-state index contributed by atoms with van der Waals surface area (Å²) in [6.45, 7) is 5.08. The molecule has 0 saturated carbocycles. The molecule has 4 N–H and O–H groups in total. The third kappa shape index (κ3) is 6.26. The van der Waals surface area contributed by atoms with Gasteiger partial charge in [0.05, 0.1) is 0 Å². The van der Waals surface area contributed by atoms with Gasteiger partial charge in [-0.05, 0) is 50.9 Å². The lowest BCUT2D eigenvalue weighted by Crippen LogP contribution is -2.23. The van der Waals surface area contributed by atoms with Crippen molar-refractivity contribution in [1.82, 2.24) is 5.32 Å². The summed E-state index contributed by atoms with van der Waals surface area (Å²) in [5.74, 6) is -0.135. The van der Waals surface area contributed by atoms with Crippen molar-refractivity contribution in [3.8, 4) is 0 Å². The van der Waals surface area contributed by atoms with E-state index in [9.17, 15) is 9.59 Å². The Balaban J connectivity index is 2.55.